The number of hydrogen-bond donors (Lipinski definition) is 3. The molecule has 0 aromatic carbocycles. The Hall–Kier alpha value is -1.10. The maximum Gasteiger partial charge on any atom is 0.265 e. The number of nitrogens with two attached hydrogens (primary N) is 2. The summed E-state index contributed by atoms with van der Waals surface area (Å²) in [6.07, 6.45) is 1.84. The normalized spacial score (nSPS) is 23.1. The first-order valence-corrected chi connectivity index (χ1v) is 3.57. The van der Waals surface area contributed by atoms with E-state index in [0.29, 0.717) is 0 Å². The van der Waals surface area contributed by atoms with Gasteiger partial charge in [0.2, 0.25) is 0 Å². The largest absolute Gasteiger partial charge is 0.370 e. The molecule has 5 heteroatoms. The molecule has 0 aromatic rings. The Balaban J connectivity index is 2.47. The highest BCUT2D eigenvalue weighted by Gasteiger charge is 2.21. The third-order valence-corrected chi connectivity index (χ3v) is 1.60. The molecule has 11 heavy (non-hydrogen) atoms. The molecule has 0 unspecified atom stereocenters. The van der Waals surface area contributed by atoms with Crippen LogP contribution in [0.5, 0.6) is 0 Å². The lowest BCUT2D eigenvalue weighted by Gasteiger charge is -2.03. The number of carbonyl (C=O) groups is 1. The highest BCUT2D eigenvalue weighted by molar-refractivity contribution is 5.94. The summed E-state index contributed by atoms with van der Waals surface area (Å²) in [7, 11) is 0. The number of aliphatic imine (C=N–C) groups is 1. The first-order chi connectivity index (χ1) is 5.20. The van der Waals surface area contributed by atoms with Crippen molar-refractivity contribution in [2.75, 3.05) is 6.54 Å². The standard InChI is InChI=1S/C6H12N4O/c7-6(8)10-5(11)4-2-1-3-9-4/h4,9H,1-3H2,(H4,7,8,10,11)/t4-/m0/s1. The number of carbonyl (C=O) groups excluding carboxylic acids is 1. The van der Waals surface area contributed by atoms with E-state index in [1.165, 1.54) is 0 Å². The number of rotatable bonds is 1. The second-order valence-corrected chi connectivity index (χ2v) is 2.52. The van der Waals surface area contributed by atoms with Crippen LogP contribution in [-0.4, -0.2) is 24.5 Å². The summed E-state index contributed by atoms with van der Waals surface area (Å²) in [5, 5.41) is 2.99. The quantitative estimate of drug-likeness (QED) is 0.319. The van der Waals surface area contributed by atoms with Crippen molar-refractivity contribution in [1.82, 2.24) is 5.32 Å². The van der Waals surface area contributed by atoms with Crippen LogP contribution in [0.4, 0.5) is 0 Å². The summed E-state index contributed by atoms with van der Waals surface area (Å²) < 4.78 is 0. The van der Waals surface area contributed by atoms with E-state index in [4.69, 9.17) is 11.5 Å². The maximum atomic E-state index is 11.0. The molecule has 1 aliphatic heterocycles. The Labute approximate surface area is 64.8 Å². The third kappa shape index (κ3) is 2.19. The Morgan fingerprint density at radius 3 is 2.73 bits per heavy atom. The van der Waals surface area contributed by atoms with Crippen LogP contribution in [0.3, 0.4) is 0 Å². The maximum absolute atomic E-state index is 11.0. The van der Waals surface area contributed by atoms with Gasteiger partial charge in [0, 0.05) is 0 Å². The van der Waals surface area contributed by atoms with Crippen LogP contribution in [0.2, 0.25) is 0 Å². The first kappa shape index (κ1) is 8.00. The lowest BCUT2D eigenvalue weighted by Crippen LogP contribution is -2.33. The average molecular weight is 156 g/mol. The molecular formula is C6H12N4O. The van der Waals surface area contributed by atoms with Crippen molar-refractivity contribution in [3.63, 3.8) is 0 Å². The molecule has 1 saturated heterocycles. The molecule has 1 amide bonds. The Bertz CT molecular complexity index is 179. The van der Waals surface area contributed by atoms with Gasteiger partial charge in [0.25, 0.3) is 5.91 Å². The molecule has 0 bridgehead atoms. The van der Waals surface area contributed by atoms with Crippen molar-refractivity contribution < 1.29 is 4.79 Å². The lowest BCUT2D eigenvalue weighted by molar-refractivity contribution is -0.119. The molecule has 1 fully saturated rings. The van der Waals surface area contributed by atoms with Crippen LogP contribution in [0, 0.1) is 0 Å². The van der Waals surface area contributed by atoms with E-state index in [-0.39, 0.29) is 17.9 Å². The molecule has 5 nitrogen and oxygen atoms in total. The van der Waals surface area contributed by atoms with Crippen molar-refractivity contribution in [3.8, 4) is 0 Å². The van der Waals surface area contributed by atoms with Gasteiger partial charge in [-0.05, 0) is 19.4 Å². The van der Waals surface area contributed by atoms with Crippen molar-refractivity contribution >= 4 is 11.9 Å². The van der Waals surface area contributed by atoms with E-state index < -0.39 is 0 Å². The van der Waals surface area contributed by atoms with Gasteiger partial charge in [-0.3, -0.25) is 4.79 Å². The Morgan fingerprint density at radius 2 is 2.27 bits per heavy atom. The molecule has 0 spiro atoms. The number of hydrogen-bond acceptors (Lipinski definition) is 2. The summed E-state index contributed by atoms with van der Waals surface area (Å²) in [4.78, 5) is 14.5. The van der Waals surface area contributed by atoms with E-state index in [0.717, 1.165) is 19.4 Å². The molecule has 1 atom stereocenters. The van der Waals surface area contributed by atoms with E-state index >= 15 is 0 Å². The van der Waals surface area contributed by atoms with Gasteiger partial charge in [-0.1, -0.05) is 0 Å². The fourth-order valence-corrected chi connectivity index (χ4v) is 1.10. The van der Waals surface area contributed by atoms with Gasteiger partial charge in [-0.25, -0.2) is 0 Å². The van der Waals surface area contributed by atoms with E-state index in [2.05, 4.69) is 10.3 Å². The van der Waals surface area contributed by atoms with Gasteiger partial charge in [-0.15, -0.1) is 0 Å². The summed E-state index contributed by atoms with van der Waals surface area (Å²) in [6, 6.07) is -0.169. The van der Waals surface area contributed by atoms with Crippen LogP contribution < -0.4 is 16.8 Å². The predicted molar refractivity (Wildman–Crippen MR) is 41.8 cm³/mol. The zero-order valence-electron chi connectivity index (χ0n) is 6.21. The molecular weight excluding hydrogens is 144 g/mol. The van der Waals surface area contributed by atoms with E-state index in [9.17, 15) is 4.79 Å². The van der Waals surface area contributed by atoms with Crippen molar-refractivity contribution in [2.24, 2.45) is 16.5 Å². The number of nitrogens with one attached hydrogen (secondary N) is 1. The second kappa shape index (κ2) is 3.34. The summed E-state index contributed by atoms with van der Waals surface area (Å²) in [5.41, 5.74) is 10.1. The zero-order valence-corrected chi connectivity index (χ0v) is 6.21. The monoisotopic (exact) mass is 156 g/mol. The molecule has 0 aliphatic carbocycles. The van der Waals surface area contributed by atoms with E-state index in [1.54, 1.807) is 0 Å². The molecule has 0 saturated carbocycles. The van der Waals surface area contributed by atoms with Gasteiger partial charge in [0.1, 0.15) is 0 Å². The Morgan fingerprint density at radius 1 is 1.55 bits per heavy atom. The summed E-state index contributed by atoms with van der Waals surface area (Å²) >= 11 is 0. The molecule has 0 radical (unpaired) electrons. The van der Waals surface area contributed by atoms with Crippen molar-refractivity contribution in [3.05, 3.63) is 0 Å². The van der Waals surface area contributed by atoms with Crippen LogP contribution in [0.1, 0.15) is 12.8 Å². The molecule has 0 aromatic heterocycles. The minimum absolute atomic E-state index is 0.163. The Kier molecular flexibility index (Phi) is 2.43. The fourth-order valence-electron chi connectivity index (χ4n) is 1.10. The highest BCUT2D eigenvalue weighted by Crippen LogP contribution is 2.05. The van der Waals surface area contributed by atoms with Crippen LogP contribution in [0.15, 0.2) is 4.99 Å². The van der Waals surface area contributed by atoms with Crippen LogP contribution >= 0.6 is 0 Å². The van der Waals surface area contributed by atoms with Gasteiger partial charge in [-0.2, -0.15) is 4.99 Å². The predicted octanol–water partition coefficient (Wildman–Crippen LogP) is -1.46. The average Bonchev–Trinajstić information content (AvgIpc) is 2.35. The topological polar surface area (TPSA) is 93.5 Å². The number of amides is 1. The summed E-state index contributed by atoms with van der Waals surface area (Å²) in [5.74, 6) is -0.425. The van der Waals surface area contributed by atoms with Crippen LogP contribution in [-0.2, 0) is 4.79 Å². The minimum Gasteiger partial charge on any atom is -0.370 e. The van der Waals surface area contributed by atoms with Gasteiger partial charge in [0.15, 0.2) is 5.96 Å². The number of nitrogens with zero attached hydrogens (tertiary/aromatic N) is 1. The van der Waals surface area contributed by atoms with E-state index in [1.807, 2.05) is 0 Å². The lowest BCUT2D eigenvalue weighted by atomic mass is 10.2. The SMILES string of the molecule is NC(N)=NC(=O)[C@@H]1CCCN1. The molecule has 5 N–H and O–H groups in total. The number of guanidine groups is 1. The van der Waals surface area contributed by atoms with Crippen LogP contribution in [0.25, 0.3) is 0 Å². The third-order valence-electron chi connectivity index (χ3n) is 1.60. The van der Waals surface area contributed by atoms with Gasteiger partial charge >= 0.3 is 0 Å². The molecule has 1 heterocycles. The first-order valence-electron chi connectivity index (χ1n) is 3.57. The molecule has 1 rings (SSSR count). The molecule has 62 valence electrons. The van der Waals surface area contributed by atoms with Crippen molar-refractivity contribution in [2.45, 2.75) is 18.9 Å². The van der Waals surface area contributed by atoms with Gasteiger partial charge in [0.05, 0.1) is 6.04 Å². The van der Waals surface area contributed by atoms with Crippen molar-refractivity contribution in [1.29, 1.82) is 0 Å². The summed E-state index contributed by atoms with van der Waals surface area (Å²) in [6.45, 7) is 0.871. The second-order valence-electron chi connectivity index (χ2n) is 2.52. The zero-order chi connectivity index (χ0) is 8.27. The minimum atomic E-state index is -0.262. The fraction of sp³-hybridized carbons (Fsp3) is 0.667. The molecule has 1 aliphatic rings. The van der Waals surface area contributed by atoms with Gasteiger partial charge < -0.3 is 16.8 Å². The smallest absolute Gasteiger partial charge is 0.265 e. The highest BCUT2D eigenvalue weighted by atomic mass is 16.1.